The molecule has 0 heterocycles. The molecule has 1 N–H and O–H groups in total. The van der Waals surface area contributed by atoms with Crippen LogP contribution in [-0.4, -0.2) is 17.5 Å². The lowest BCUT2D eigenvalue weighted by atomic mass is 10.1. The summed E-state index contributed by atoms with van der Waals surface area (Å²) in [6.07, 6.45) is 1.58. The Morgan fingerprint density at radius 3 is 2.20 bits per heavy atom. The quantitative estimate of drug-likeness (QED) is 0.470. The summed E-state index contributed by atoms with van der Waals surface area (Å²) in [4.78, 5) is 0. The van der Waals surface area contributed by atoms with Crippen LogP contribution in [0.1, 0.15) is 30.5 Å². The van der Waals surface area contributed by atoms with E-state index >= 15 is 0 Å². The molecule has 0 spiro atoms. The predicted molar refractivity (Wildman–Crippen MR) is 61.1 cm³/mol. The van der Waals surface area contributed by atoms with Gasteiger partial charge in [-0.1, -0.05) is 5.16 Å². The maximum atomic E-state index is 8.45. The van der Waals surface area contributed by atoms with Crippen molar-refractivity contribution in [3.63, 3.8) is 0 Å². The average molecular weight is 207 g/mol. The fourth-order valence-electron chi connectivity index (χ4n) is 1.55. The molecule has 82 valence electrons. The third kappa shape index (κ3) is 2.98. The summed E-state index contributed by atoms with van der Waals surface area (Å²) in [6, 6.07) is 3.87. The van der Waals surface area contributed by atoms with Crippen LogP contribution in [0.3, 0.4) is 0 Å². The molecule has 3 heteroatoms. The number of ether oxygens (including phenoxy) is 1. The van der Waals surface area contributed by atoms with Gasteiger partial charge < -0.3 is 9.94 Å². The number of hydrogen-bond donors (Lipinski definition) is 1. The van der Waals surface area contributed by atoms with E-state index in [1.165, 1.54) is 6.21 Å². The largest absolute Gasteiger partial charge is 0.490 e. The Labute approximate surface area is 90.4 Å². The Kier molecular flexibility index (Phi) is 3.72. The highest BCUT2D eigenvalue weighted by Gasteiger charge is 2.07. The van der Waals surface area contributed by atoms with Crippen LogP contribution in [0.5, 0.6) is 5.75 Å². The normalized spacial score (nSPS) is 11.3. The minimum atomic E-state index is 0.166. The van der Waals surface area contributed by atoms with Gasteiger partial charge in [0, 0.05) is 0 Å². The van der Waals surface area contributed by atoms with E-state index in [9.17, 15) is 0 Å². The van der Waals surface area contributed by atoms with Crippen LogP contribution in [0.15, 0.2) is 17.3 Å². The lowest BCUT2D eigenvalue weighted by Gasteiger charge is -2.15. The Balaban J connectivity index is 3.09. The Morgan fingerprint density at radius 2 is 1.80 bits per heavy atom. The van der Waals surface area contributed by atoms with Crippen LogP contribution >= 0.6 is 0 Å². The van der Waals surface area contributed by atoms with E-state index in [0.29, 0.717) is 0 Å². The second-order valence-corrected chi connectivity index (χ2v) is 3.90. The Bertz CT molecular complexity index is 347. The highest BCUT2D eigenvalue weighted by molar-refractivity contribution is 5.80. The summed E-state index contributed by atoms with van der Waals surface area (Å²) >= 11 is 0. The van der Waals surface area contributed by atoms with E-state index in [-0.39, 0.29) is 6.10 Å². The average Bonchev–Trinajstić information content (AvgIpc) is 2.11. The van der Waals surface area contributed by atoms with E-state index in [0.717, 1.165) is 22.4 Å². The standard InChI is InChI=1S/C12H17NO2/c1-8(2)15-12-9(3)5-11(7-13-14)6-10(12)4/h5-8,14H,1-4H3. The van der Waals surface area contributed by atoms with Crippen LogP contribution in [-0.2, 0) is 0 Å². The monoisotopic (exact) mass is 207 g/mol. The number of benzene rings is 1. The summed E-state index contributed by atoms with van der Waals surface area (Å²) in [6.45, 7) is 7.98. The van der Waals surface area contributed by atoms with Crippen LogP contribution in [0, 0.1) is 13.8 Å². The minimum Gasteiger partial charge on any atom is -0.490 e. The number of oxime groups is 1. The molecule has 0 aliphatic rings. The van der Waals surface area contributed by atoms with Crippen molar-refractivity contribution in [3.05, 3.63) is 28.8 Å². The van der Waals surface area contributed by atoms with Crippen molar-refractivity contribution >= 4 is 6.21 Å². The second kappa shape index (κ2) is 4.82. The van der Waals surface area contributed by atoms with Crippen LogP contribution in [0.25, 0.3) is 0 Å². The maximum absolute atomic E-state index is 8.45. The molecule has 0 aliphatic heterocycles. The van der Waals surface area contributed by atoms with Gasteiger partial charge in [-0.2, -0.15) is 0 Å². The molecule has 0 aromatic heterocycles. The summed E-state index contributed by atoms with van der Waals surface area (Å²) in [5.74, 6) is 0.917. The summed E-state index contributed by atoms with van der Waals surface area (Å²) in [5.41, 5.74) is 2.99. The van der Waals surface area contributed by atoms with E-state index in [1.54, 1.807) is 0 Å². The third-order valence-electron chi connectivity index (χ3n) is 2.04. The lowest BCUT2D eigenvalue weighted by molar-refractivity contribution is 0.239. The molecule has 0 radical (unpaired) electrons. The molecular weight excluding hydrogens is 190 g/mol. The lowest BCUT2D eigenvalue weighted by Crippen LogP contribution is -2.08. The van der Waals surface area contributed by atoms with Crippen LogP contribution in [0.4, 0.5) is 0 Å². The zero-order chi connectivity index (χ0) is 11.4. The fraction of sp³-hybridized carbons (Fsp3) is 0.417. The van der Waals surface area contributed by atoms with E-state index in [4.69, 9.17) is 9.94 Å². The highest BCUT2D eigenvalue weighted by atomic mass is 16.5. The van der Waals surface area contributed by atoms with Crippen molar-refractivity contribution in [1.29, 1.82) is 0 Å². The van der Waals surface area contributed by atoms with Gasteiger partial charge in [0.2, 0.25) is 0 Å². The zero-order valence-corrected chi connectivity index (χ0v) is 9.61. The van der Waals surface area contributed by atoms with Gasteiger partial charge in [0.15, 0.2) is 0 Å². The topological polar surface area (TPSA) is 41.8 Å². The minimum absolute atomic E-state index is 0.166. The number of nitrogens with zero attached hydrogens (tertiary/aromatic N) is 1. The summed E-state index contributed by atoms with van der Waals surface area (Å²) in [7, 11) is 0. The maximum Gasteiger partial charge on any atom is 0.125 e. The first-order valence-electron chi connectivity index (χ1n) is 5.00. The van der Waals surface area contributed by atoms with Crippen LogP contribution < -0.4 is 4.74 Å². The van der Waals surface area contributed by atoms with Gasteiger partial charge in [0.1, 0.15) is 5.75 Å². The predicted octanol–water partition coefficient (Wildman–Crippen LogP) is 2.90. The first-order valence-corrected chi connectivity index (χ1v) is 5.00. The molecule has 15 heavy (non-hydrogen) atoms. The number of rotatable bonds is 3. The van der Waals surface area contributed by atoms with Gasteiger partial charge in [-0.25, -0.2) is 0 Å². The Morgan fingerprint density at radius 1 is 1.27 bits per heavy atom. The van der Waals surface area contributed by atoms with E-state index < -0.39 is 0 Å². The molecule has 0 unspecified atom stereocenters. The van der Waals surface area contributed by atoms with Gasteiger partial charge in [-0.15, -0.1) is 0 Å². The summed E-state index contributed by atoms with van der Waals surface area (Å²) < 4.78 is 5.70. The molecule has 1 aromatic rings. The number of aryl methyl sites for hydroxylation is 2. The van der Waals surface area contributed by atoms with Crippen molar-refractivity contribution < 1.29 is 9.94 Å². The van der Waals surface area contributed by atoms with E-state index in [2.05, 4.69) is 5.16 Å². The van der Waals surface area contributed by atoms with Gasteiger partial charge in [0.25, 0.3) is 0 Å². The first kappa shape index (κ1) is 11.6. The molecule has 0 saturated heterocycles. The molecule has 0 fully saturated rings. The summed E-state index contributed by atoms with van der Waals surface area (Å²) in [5, 5.41) is 11.5. The molecule has 0 bridgehead atoms. The molecular formula is C12H17NO2. The Hall–Kier alpha value is -1.51. The van der Waals surface area contributed by atoms with Crippen molar-refractivity contribution in [2.75, 3.05) is 0 Å². The van der Waals surface area contributed by atoms with Gasteiger partial charge in [-0.3, -0.25) is 0 Å². The van der Waals surface area contributed by atoms with Crippen molar-refractivity contribution in [2.45, 2.75) is 33.8 Å². The zero-order valence-electron chi connectivity index (χ0n) is 9.61. The molecule has 0 saturated carbocycles. The third-order valence-corrected chi connectivity index (χ3v) is 2.04. The second-order valence-electron chi connectivity index (χ2n) is 3.90. The molecule has 0 amide bonds. The molecule has 0 aliphatic carbocycles. The molecule has 0 atom stereocenters. The SMILES string of the molecule is Cc1cc(C=NO)cc(C)c1OC(C)C. The number of hydrogen-bond acceptors (Lipinski definition) is 3. The fourth-order valence-corrected chi connectivity index (χ4v) is 1.55. The van der Waals surface area contributed by atoms with Crippen molar-refractivity contribution in [1.82, 2.24) is 0 Å². The van der Waals surface area contributed by atoms with Crippen molar-refractivity contribution in [3.8, 4) is 5.75 Å². The highest BCUT2D eigenvalue weighted by Crippen LogP contribution is 2.25. The first-order chi connectivity index (χ1) is 7.04. The van der Waals surface area contributed by atoms with Gasteiger partial charge in [0.05, 0.1) is 12.3 Å². The van der Waals surface area contributed by atoms with Crippen LogP contribution in [0.2, 0.25) is 0 Å². The van der Waals surface area contributed by atoms with Gasteiger partial charge in [-0.05, 0) is 56.5 Å². The van der Waals surface area contributed by atoms with Crippen molar-refractivity contribution in [2.24, 2.45) is 5.16 Å². The van der Waals surface area contributed by atoms with E-state index in [1.807, 2.05) is 39.8 Å². The van der Waals surface area contributed by atoms with Gasteiger partial charge >= 0.3 is 0 Å². The molecule has 1 aromatic carbocycles. The molecule has 1 rings (SSSR count). The molecule has 3 nitrogen and oxygen atoms in total. The smallest absolute Gasteiger partial charge is 0.125 e.